The number of aromatic nitrogens is 1. The quantitative estimate of drug-likeness (QED) is 0.649. The Morgan fingerprint density at radius 3 is 2.69 bits per heavy atom. The number of aliphatic hydroxyl groups is 1. The number of rotatable bonds is 5. The average molecular weight is 497 g/mol. The summed E-state index contributed by atoms with van der Waals surface area (Å²) >= 11 is 1.78. The Morgan fingerprint density at radius 1 is 1.26 bits per heavy atom. The van der Waals surface area contributed by atoms with Crippen LogP contribution < -0.4 is 5.32 Å². The Bertz CT molecular complexity index is 1030. The lowest BCUT2D eigenvalue weighted by atomic mass is 9.53. The first-order chi connectivity index (χ1) is 16.8. The Kier molecular flexibility index (Phi) is 6.94. The highest BCUT2D eigenvalue weighted by atomic mass is 32.1. The molecule has 0 unspecified atom stereocenters. The molecule has 3 aliphatic rings. The minimum absolute atomic E-state index is 0.0125. The van der Waals surface area contributed by atoms with Gasteiger partial charge in [0, 0.05) is 49.4 Å². The van der Waals surface area contributed by atoms with Gasteiger partial charge in [0.05, 0.1) is 11.8 Å². The number of nitrogens with one attached hydrogen (secondary N) is 1. The number of fused-ring (bicyclic) bond motifs is 2. The first-order valence-corrected chi connectivity index (χ1v) is 14.0. The molecule has 1 saturated carbocycles. The minimum Gasteiger partial charge on any atom is -0.392 e. The van der Waals surface area contributed by atoms with Crippen molar-refractivity contribution in [3.63, 3.8) is 0 Å². The van der Waals surface area contributed by atoms with Crippen LogP contribution in [0.3, 0.4) is 0 Å². The summed E-state index contributed by atoms with van der Waals surface area (Å²) in [5.41, 5.74) is 2.43. The van der Waals surface area contributed by atoms with Crippen molar-refractivity contribution >= 4 is 22.4 Å². The number of piperazine rings is 1. The number of thiazole rings is 1. The molecule has 1 amide bonds. The van der Waals surface area contributed by atoms with Crippen LogP contribution in [0.4, 0.5) is 5.13 Å². The van der Waals surface area contributed by atoms with E-state index in [1.54, 1.807) is 11.3 Å². The first kappa shape index (κ1) is 24.7. The molecule has 2 N–H and O–H groups in total. The standard InChI is InChI=1S/C28H40N4O2S/c1-18(26(34)32-14-12-31(4)13-15-32)21-10-11-28(3)16-22-24(19(2)23(28)25(21)33)30-27(35-22)29-17-20-8-6-5-7-9-20/h5-9,18-19,21,23,25,33H,10-17H2,1-4H3,(H,29,30)/t18-,19+,21+,23+,25-,28+/m0/s1. The maximum absolute atomic E-state index is 13.3. The molecule has 35 heavy (non-hydrogen) atoms. The smallest absolute Gasteiger partial charge is 0.225 e. The summed E-state index contributed by atoms with van der Waals surface area (Å²) < 4.78 is 0. The number of likely N-dealkylation sites (N-methyl/N-ethyl adjacent to an activating group) is 1. The van der Waals surface area contributed by atoms with Crippen molar-refractivity contribution in [2.75, 3.05) is 38.5 Å². The van der Waals surface area contributed by atoms with E-state index in [0.717, 1.165) is 62.8 Å². The van der Waals surface area contributed by atoms with Crippen molar-refractivity contribution in [1.82, 2.24) is 14.8 Å². The molecule has 0 radical (unpaired) electrons. The van der Waals surface area contributed by atoms with Crippen LogP contribution in [-0.2, 0) is 17.8 Å². The summed E-state index contributed by atoms with van der Waals surface area (Å²) in [4.78, 5) is 24.0. The molecule has 6 nitrogen and oxygen atoms in total. The maximum atomic E-state index is 13.3. The molecule has 1 aromatic heterocycles. The van der Waals surface area contributed by atoms with Crippen LogP contribution in [0.5, 0.6) is 0 Å². The lowest BCUT2D eigenvalue weighted by Gasteiger charge is -2.53. The molecule has 2 fully saturated rings. The topological polar surface area (TPSA) is 68.7 Å². The average Bonchev–Trinajstić information content (AvgIpc) is 3.25. The molecule has 2 aromatic rings. The Morgan fingerprint density at radius 2 is 1.97 bits per heavy atom. The number of anilines is 1. The van der Waals surface area contributed by atoms with Crippen LogP contribution in [0, 0.1) is 23.2 Å². The summed E-state index contributed by atoms with van der Waals surface area (Å²) in [7, 11) is 2.11. The van der Waals surface area contributed by atoms with Gasteiger partial charge in [0.15, 0.2) is 5.13 Å². The van der Waals surface area contributed by atoms with Gasteiger partial charge in [-0.25, -0.2) is 4.98 Å². The molecule has 1 saturated heterocycles. The highest BCUT2D eigenvalue weighted by Crippen LogP contribution is 2.57. The number of amides is 1. The van der Waals surface area contributed by atoms with Crippen molar-refractivity contribution in [2.45, 2.75) is 58.6 Å². The lowest BCUT2D eigenvalue weighted by Crippen LogP contribution is -2.55. The third-order valence-corrected chi connectivity index (χ3v) is 10.1. The number of hydrogen-bond acceptors (Lipinski definition) is 6. The molecular formula is C28H40N4O2S. The van der Waals surface area contributed by atoms with E-state index in [0.29, 0.717) is 0 Å². The SMILES string of the molecule is C[C@H](C(=O)N1CCN(C)CC1)[C@H]1CC[C@]2(C)Cc3sc(NCc4ccccc4)nc3[C@H](C)[C@@H]2[C@H]1O. The van der Waals surface area contributed by atoms with Crippen molar-refractivity contribution in [3.8, 4) is 0 Å². The highest BCUT2D eigenvalue weighted by Gasteiger charge is 2.54. The van der Waals surface area contributed by atoms with E-state index in [4.69, 9.17) is 4.98 Å². The summed E-state index contributed by atoms with van der Waals surface area (Å²) in [5, 5.41) is 16.2. The minimum atomic E-state index is -0.481. The number of carbonyl (C=O) groups is 1. The van der Waals surface area contributed by atoms with Crippen LogP contribution in [0.25, 0.3) is 0 Å². The van der Waals surface area contributed by atoms with Crippen molar-refractivity contribution in [1.29, 1.82) is 0 Å². The number of benzene rings is 1. The van der Waals surface area contributed by atoms with Crippen LogP contribution in [0.1, 0.15) is 55.7 Å². The zero-order chi connectivity index (χ0) is 24.7. The van der Waals surface area contributed by atoms with E-state index >= 15 is 0 Å². The van der Waals surface area contributed by atoms with Gasteiger partial charge in [-0.05, 0) is 49.1 Å². The monoisotopic (exact) mass is 496 g/mol. The van der Waals surface area contributed by atoms with Gasteiger partial charge in [-0.1, -0.05) is 51.1 Å². The third kappa shape index (κ3) is 4.75. The predicted molar refractivity (Wildman–Crippen MR) is 142 cm³/mol. The predicted octanol–water partition coefficient (Wildman–Crippen LogP) is 4.22. The fourth-order valence-corrected chi connectivity index (χ4v) is 8.15. The fourth-order valence-electron chi connectivity index (χ4n) is 6.89. The molecule has 1 aliphatic heterocycles. The zero-order valence-electron chi connectivity index (χ0n) is 21.5. The molecule has 0 spiro atoms. The molecule has 0 bridgehead atoms. The van der Waals surface area contributed by atoms with Gasteiger partial charge in [-0.3, -0.25) is 4.79 Å². The number of hydrogen-bond donors (Lipinski definition) is 2. The summed E-state index contributed by atoms with van der Waals surface area (Å²) in [6.45, 7) is 10.8. The Balaban J connectivity index is 1.30. The molecule has 1 aromatic carbocycles. The summed E-state index contributed by atoms with van der Waals surface area (Å²) in [6, 6.07) is 10.4. The highest BCUT2D eigenvalue weighted by molar-refractivity contribution is 7.15. The molecular weight excluding hydrogens is 456 g/mol. The third-order valence-electron chi connectivity index (χ3n) is 9.06. The Labute approximate surface area is 213 Å². The second-order valence-corrected chi connectivity index (χ2v) is 12.5. The molecule has 190 valence electrons. The van der Waals surface area contributed by atoms with Gasteiger partial charge in [0.2, 0.25) is 5.91 Å². The molecule has 6 atom stereocenters. The van der Waals surface area contributed by atoms with Crippen molar-refractivity contribution in [2.24, 2.45) is 23.2 Å². The maximum Gasteiger partial charge on any atom is 0.225 e. The van der Waals surface area contributed by atoms with Gasteiger partial charge >= 0.3 is 0 Å². The second-order valence-electron chi connectivity index (χ2n) is 11.4. The van der Waals surface area contributed by atoms with Gasteiger partial charge in [0.25, 0.3) is 0 Å². The molecule has 7 heteroatoms. The lowest BCUT2D eigenvalue weighted by molar-refractivity contribution is -0.146. The summed E-state index contributed by atoms with van der Waals surface area (Å²) in [5.74, 6) is 0.385. The van der Waals surface area contributed by atoms with E-state index < -0.39 is 6.10 Å². The first-order valence-electron chi connectivity index (χ1n) is 13.2. The second kappa shape index (κ2) is 9.83. The molecule has 2 aliphatic carbocycles. The van der Waals surface area contributed by atoms with Gasteiger partial charge in [-0.2, -0.15) is 0 Å². The van der Waals surface area contributed by atoms with Crippen molar-refractivity contribution < 1.29 is 9.90 Å². The summed E-state index contributed by atoms with van der Waals surface area (Å²) in [6.07, 6.45) is 2.45. The number of nitrogens with zero attached hydrogens (tertiary/aromatic N) is 3. The van der Waals surface area contributed by atoms with Gasteiger partial charge < -0.3 is 20.2 Å². The largest absolute Gasteiger partial charge is 0.392 e. The van der Waals surface area contributed by atoms with Crippen LogP contribution in [0.2, 0.25) is 0 Å². The van der Waals surface area contributed by atoms with Gasteiger partial charge in [0.1, 0.15) is 0 Å². The normalized spacial score (nSPS) is 32.0. The van der Waals surface area contributed by atoms with E-state index in [9.17, 15) is 9.90 Å². The molecule has 2 heterocycles. The van der Waals surface area contributed by atoms with Gasteiger partial charge in [-0.15, -0.1) is 11.3 Å². The van der Waals surface area contributed by atoms with Crippen LogP contribution in [-0.4, -0.2) is 65.1 Å². The van der Waals surface area contributed by atoms with E-state index in [1.807, 2.05) is 17.9 Å². The zero-order valence-corrected chi connectivity index (χ0v) is 22.4. The fraction of sp³-hybridized carbons (Fsp3) is 0.643. The Hall–Kier alpha value is -1.96. The van der Waals surface area contributed by atoms with E-state index in [2.05, 4.69) is 55.4 Å². The number of aliphatic hydroxyl groups excluding tert-OH is 1. The van der Waals surface area contributed by atoms with E-state index in [-0.39, 0.29) is 35.0 Å². The number of carbonyl (C=O) groups excluding carboxylic acids is 1. The van der Waals surface area contributed by atoms with Crippen LogP contribution >= 0.6 is 11.3 Å². The van der Waals surface area contributed by atoms with E-state index in [1.165, 1.54) is 10.4 Å². The molecule has 5 rings (SSSR count). The van der Waals surface area contributed by atoms with Crippen LogP contribution in [0.15, 0.2) is 30.3 Å². The van der Waals surface area contributed by atoms with Crippen molar-refractivity contribution in [3.05, 3.63) is 46.5 Å².